The Morgan fingerprint density at radius 3 is 2.26 bits per heavy atom. The minimum atomic E-state index is 0.692. The van der Waals surface area contributed by atoms with Crippen molar-refractivity contribution in [3.05, 3.63) is 65.7 Å². The molecule has 2 nitrogen and oxygen atoms in total. The number of rotatable bonds is 7. The lowest BCUT2D eigenvalue weighted by Crippen LogP contribution is -2.20. The van der Waals surface area contributed by atoms with E-state index in [0.717, 1.165) is 25.3 Å². The zero-order chi connectivity index (χ0) is 13.3. The SMILES string of the molecule is CCc1ccc(CNCCOc2ccccc2)cc1. The van der Waals surface area contributed by atoms with Crippen LogP contribution < -0.4 is 10.1 Å². The molecule has 0 aromatic heterocycles. The Morgan fingerprint density at radius 2 is 1.58 bits per heavy atom. The number of nitrogens with one attached hydrogen (secondary N) is 1. The molecule has 0 atom stereocenters. The zero-order valence-electron chi connectivity index (χ0n) is 11.4. The van der Waals surface area contributed by atoms with Crippen molar-refractivity contribution in [1.29, 1.82) is 0 Å². The molecule has 100 valence electrons. The Labute approximate surface area is 115 Å². The van der Waals surface area contributed by atoms with E-state index in [2.05, 4.69) is 36.5 Å². The fraction of sp³-hybridized carbons (Fsp3) is 0.294. The molecule has 2 aromatic carbocycles. The van der Waals surface area contributed by atoms with Gasteiger partial charge < -0.3 is 10.1 Å². The molecular formula is C17H21NO. The molecule has 0 heterocycles. The molecule has 0 fully saturated rings. The van der Waals surface area contributed by atoms with Gasteiger partial charge in [-0.15, -0.1) is 0 Å². The minimum absolute atomic E-state index is 0.692. The first-order valence-corrected chi connectivity index (χ1v) is 6.85. The van der Waals surface area contributed by atoms with Crippen LogP contribution in [0.15, 0.2) is 54.6 Å². The van der Waals surface area contributed by atoms with Crippen molar-refractivity contribution >= 4 is 0 Å². The molecule has 2 aromatic rings. The van der Waals surface area contributed by atoms with Gasteiger partial charge in [0.15, 0.2) is 0 Å². The molecule has 0 spiro atoms. The van der Waals surface area contributed by atoms with Crippen LogP contribution in [0.5, 0.6) is 5.75 Å². The average Bonchev–Trinajstić information content (AvgIpc) is 2.49. The normalized spacial score (nSPS) is 10.4. The Balaban J connectivity index is 1.63. The van der Waals surface area contributed by atoms with Crippen molar-refractivity contribution < 1.29 is 4.74 Å². The lowest BCUT2D eigenvalue weighted by molar-refractivity contribution is 0.313. The average molecular weight is 255 g/mol. The first-order chi connectivity index (χ1) is 9.38. The van der Waals surface area contributed by atoms with Crippen LogP contribution >= 0.6 is 0 Å². The molecule has 2 rings (SSSR count). The Kier molecular flexibility index (Phi) is 5.45. The van der Waals surface area contributed by atoms with Crippen LogP contribution in [0.1, 0.15) is 18.1 Å². The third-order valence-corrected chi connectivity index (χ3v) is 3.05. The fourth-order valence-corrected chi connectivity index (χ4v) is 1.88. The molecule has 0 saturated heterocycles. The second-order valence-corrected chi connectivity index (χ2v) is 4.51. The first kappa shape index (κ1) is 13.6. The summed E-state index contributed by atoms with van der Waals surface area (Å²) in [5.74, 6) is 0.927. The van der Waals surface area contributed by atoms with Gasteiger partial charge in [0.1, 0.15) is 12.4 Å². The van der Waals surface area contributed by atoms with Crippen molar-refractivity contribution in [3.63, 3.8) is 0 Å². The topological polar surface area (TPSA) is 21.3 Å². The standard InChI is InChI=1S/C17H21NO/c1-2-15-8-10-16(11-9-15)14-18-12-13-19-17-6-4-3-5-7-17/h3-11,18H,2,12-14H2,1H3. The molecule has 0 radical (unpaired) electrons. The van der Waals surface area contributed by atoms with Crippen molar-refractivity contribution in [2.24, 2.45) is 0 Å². The molecule has 0 aliphatic rings. The van der Waals surface area contributed by atoms with Gasteiger partial charge in [-0.2, -0.15) is 0 Å². The van der Waals surface area contributed by atoms with Gasteiger partial charge in [0.05, 0.1) is 0 Å². The number of aryl methyl sites for hydroxylation is 1. The Bertz CT molecular complexity index is 464. The van der Waals surface area contributed by atoms with Crippen LogP contribution in [-0.2, 0) is 13.0 Å². The monoisotopic (exact) mass is 255 g/mol. The maximum absolute atomic E-state index is 5.62. The summed E-state index contributed by atoms with van der Waals surface area (Å²) in [5, 5.41) is 3.38. The summed E-state index contributed by atoms with van der Waals surface area (Å²) in [7, 11) is 0. The van der Waals surface area contributed by atoms with E-state index in [1.807, 2.05) is 30.3 Å². The van der Waals surface area contributed by atoms with Gasteiger partial charge in [-0.3, -0.25) is 0 Å². The second kappa shape index (κ2) is 7.59. The van der Waals surface area contributed by atoms with E-state index in [9.17, 15) is 0 Å². The van der Waals surface area contributed by atoms with Crippen LogP contribution in [0.2, 0.25) is 0 Å². The van der Waals surface area contributed by atoms with Gasteiger partial charge in [-0.25, -0.2) is 0 Å². The van der Waals surface area contributed by atoms with Crippen LogP contribution in [0.3, 0.4) is 0 Å². The van der Waals surface area contributed by atoms with Crippen LogP contribution in [0.25, 0.3) is 0 Å². The molecule has 0 bridgehead atoms. The molecule has 1 N–H and O–H groups in total. The number of benzene rings is 2. The van der Waals surface area contributed by atoms with Gasteiger partial charge >= 0.3 is 0 Å². The van der Waals surface area contributed by atoms with Crippen LogP contribution in [0, 0.1) is 0 Å². The van der Waals surface area contributed by atoms with Crippen molar-refractivity contribution in [3.8, 4) is 5.75 Å². The molecule has 19 heavy (non-hydrogen) atoms. The fourth-order valence-electron chi connectivity index (χ4n) is 1.88. The maximum Gasteiger partial charge on any atom is 0.119 e. The van der Waals surface area contributed by atoms with Crippen LogP contribution in [0.4, 0.5) is 0 Å². The van der Waals surface area contributed by atoms with Gasteiger partial charge in [-0.1, -0.05) is 49.4 Å². The predicted molar refractivity (Wildman–Crippen MR) is 79.5 cm³/mol. The Morgan fingerprint density at radius 1 is 0.895 bits per heavy atom. The summed E-state index contributed by atoms with van der Waals surface area (Å²) >= 11 is 0. The Hall–Kier alpha value is -1.80. The van der Waals surface area contributed by atoms with E-state index in [0.29, 0.717) is 6.61 Å². The zero-order valence-corrected chi connectivity index (χ0v) is 11.4. The summed E-state index contributed by atoms with van der Waals surface area (Å²) in [6.45, 7) is 4.61. The molecule has 0 saturated carbocycles. The van der Waals surface area contributed by atoms with Crippen LogP contribution in [-0.4, -0.2) is 13.2 Å². The van der Waals surface area contributed by atoms with Crippen molar-refractivity contribution in [1.82, 2.24) is 5.32 Å². The highest BCUT2D eigenvalue weighted by Gasteiger charge is 1.94. The summed E-state index contributed by atoms with van der Waals surface area (Å²) in [4.78, 5) is 0. The third kappa shape index (κ3) is 4.76. The van der Waals surface area contributed by atoms with Gasteiger partial charge in [-0.05, 0) is 29.7 Å². The van der Waals surface area contributed by atoms with E-state index < -0.39 is 0 Å². The highest BCUT2D eigenvalue weighted by Crippen LogP contribution is 2.07. The lowest BCUT2D eigenvalue weighted by Gasteiger charge is -2.08. The molecule has 0 aliphatic carbocycles. The molecule has 0 aliphatic heterocycles. The van der Waals surface area contributed by atoms with Gasteiger partial charge in [0.25, 0.3) is 0 Å². The predicted octanol–water partition coefficient (Wildman–Crippen LogP) is 3.42. The van der Waals surface area contributed by atoms with Crippen molar-refractivity contribution in [2.45, 2.75) is 19.9 Å². The maximum atomic E-state index is 5.62. The molecule has 0 amide bonds. The summed E-state index contributed by atoms with van der Waals surface area (Å²) < 4.78 is 5.62. The van der Waals surface area contributed by atoms with E-state index in [4.69, 9.17) is 4.74 Å². The highest BCUT2D eigenvalue weighted by molar-refractivity contribution is 5.22. The molecule has 0 unspecified atom stereocenters. The third-order valence-electron chi connectivity index (χ3n) is 3.05. The second-order valence-electron chi connectivity index (χ2n) is 4.51. The van der Waals surface area contributed by atoms with E-state index >= 15 is 0 Å². The number of ether oxygens (including phenoxy) is 1. The number of hydrogen-bond acceptors (Lipinski definition) is 2. The van der Waals surface area contributed by atoms with E-state index in [-0.39, 0.29) is 0 Å². The lowest BCUT2D eigenvalue weighted by atomic mass is 10.1. The van der Waals surface area contributed by atoms with Gasteiger partial charge in [0, 0.05) is 13.1 Å². The van der Waals surface area contributed by atoms with Gasteiger partial charge in [0.2, 0.25) is 0 Å². The van der Waals surface area contributed by atoms with E-state index in [1.54, 1.807) is 0 Å². The summed E-state index contributed by atoms with van der Waals surface area (Å²) in [6.07, 6.45) is 1.10. The van der Waals surface area contributed by atoms with Crippen molar-refractivity contribution in [2.75, 3.05) is 13.2 Å². The molecular weight excluding hydrogens is 234 g/mol. The highest BCUT2D eigenvalue weighted by atomic mass is 16.5. The largest absolute Gasteiger partial charge is 0.492 e. The minimum Gasteiger partial charge on any atom is -0.492 e. The summed E-state index contributed by atoms with van der Waals surface area (Å²) in [6, 6.07) is 18.7. The molecule has 2 heteroatoms. The number of para-hydroxylation sites is 1. The van der Waals surface area contributed by atoms with E-state index in [1.165, 1.54) is 11.1 Å². The smallest absolute Gasteiger partial charge is 0.119 e. The summed E-state index contributed by atoms with van der Waals surface area (Å²) in [5.41, 5.74) is 2.70. The number of hydrogen-bond donors (Lipinski definition) is 1. The quantitative estimate of drug-likeness (QED) is 0.765. The first-order valence-electron chi connectivity index (χ1n) is 6.85.